The van der Waals surface area contributed by atoms with Crippen LogP contribution in [0, 0.1) is 13.8 Å². The van der Waals surface area contributed by atoms with E-state index in [1.54, 1.807) is 11.6 Å². The number of carbonyl (C=O) groups excluding carboxylic acids is 1. The van der Waals surface area contributed by atoms with Crippen LogP contribution in [0.2, 0.25) is 0 Å². The van der Waals surface area contributed by atoms with Gasteiger partial charge in [0.05, 0.1) is 12.6 Å². The van der Waals surface area contributed by atoms with E-state index in [2.05, 4.69) is 5.10 Å². The molecule has 0 saturated carbocycles. The first-order valence-electron chi connectivity index (χ1n) is 5.12. The predicted octanol–water partition coefficient (Wildman–Crippen LogP) is 1.88. The summed E-state index contributed by atoms with van der Waals surface area (Å²) in [6.07, 6.45) is 0.101. The van der Waals surface area contributed by atoms with Crippen molar-refractivity contribution in [2.45, 2.75) is 47.3 Å². The lowest BCUT2D eigenvalue weighted by Crippen LogP contribution is -2.10. The number of Topliss-reactive ketones (excluding diaryl/α,β-unsaturated/α-hetero) is 1. The SMILES string of the molecule is CC(=O)Cn1nc(OC(C)C)c(C)c1C. The predicted molar refractivity (Wildman–Crippen MR) is 58.1 cm³/mol. The monoisotopic (exact) mass is 210 g/mol. The van der Waals surface area contributed by atoms with Gasteiger partial charge in [-0.15, -0.1) is 5.10 Å². The molecule has 0 fully saturated rings. The average Bonchev–Trinajstić information content (AvgIpc) is 2.32. The van der Waals surface area contributed by atoms with Crippen LogP contribution in [0.1, 0.15) is 32.0 Å². The second kappa shape index (κ2) is 4.47. The van der Waals surface area contributed by atoms with Gasteiger partial charge in [-0.1, -0.05) is 0 Å². The van der Waals surface area contributed by atoms with Gasteiger partial charge < -0.3 is 4.74 Å². The summed E-state index contributed by atoms with van der Waals surface area (Å²) < 4.78 is 7.23. The summed E-state index contributed by atoms with van der Waals surface area (Å²) in [6.45, 7) is 9.68. The first-order chi connectivity index (χ1) is 6.91. The van der Waals surface area contributed by atoms with Crippen molar-refractivity contribution >= 4 is 5.78 Å². The zero-order valence-corrected chi connectivity index (χ0v) is 10.00. The number of hydrogen-bond acceptors (Lipinski definition) is 3. The molecule has 0 N–H and O–H groups in total. The van der Waals surface area contributed by atoms with Crippen LogP contribution in [0.3, 0.4) is 0 Å². The quantitative estimate of drug-likeness (QED) is 0.762. The first kappa shape index (κ1) is 11.8. The van der Waals surface area contributed by atoms with E-state index in [9.17, 15) is 4.79 Å². The Hall–Kier alpha value is -1.32. The van der Waals surface area contributed by atoms with Gasteiger partial charge in [-0.05, 0) is 34.6 Å². The molecule has 0 bridgehead atoms. The zero-order valence-electron chi connectivity index (χ0n) is 10.00. The summed E-state index contributed by atoms with van der Waals surface area (Å²) in [7, 11) is 0. The lowest BCUT2D eigenvalue weighted by atomic mass is 10.3. The summed E-state index contributed by atoms with van der Waals surface area (Å²) in [5.41, 5.74) is 1.99. The van der Waals surface area contributed by atoms with Crippen molar-refractivity contribution in [2.24, 2.45) is 0 Å². The fourth-order valence-corrected chi connectivity index (χ4v) is 1.31. The Balaban J connectivity index is 2.95. The molecule has 84 valence electrons. The Morgan fingerprint density at radius 3 is 2.53 bits per heavy atom. The maximum absolute atomic E-state index is 11.0. The Morgan fingerprint density at radius 2 is 2.07 bits per heavy atom. The molecule has 4 nitrogen and oxygen atoms in total. The van der Waals surface area contributed by atoms with Crippen LogP contribution in [0.15, 0.2) is 0 Å². The van der Waals surface area contributed by atoms with E-state index in [0.717, 1.165) is 11.3 Å². The van der Waals surface area contributed by atoms with Crippen LogP contribution in [0.25, 0.3) is 0 Å². The summed E-state index contributed by atoms with van der Waals surface area (Å²) in [5, 5.41) is 4.26. The van der Waals surface area contributed by atoms with Crippen molar-refractivity contribution in [3.05, 3.63) is 11.3 Å². The Labute approximate surface area is 90.2 Å². The highest BCUT2D eigenvalue weighted by atomic mass is 16.5. The van der Waals surface area contributed by atoms with Crippen LogP contribution >= 0.6 is 0 Å². The Kier molecular flexibility index (Phi) is 3.50. The van der Waals surface area contributed by atoms with Gasteiger partial charge in [-0.25, -0.2) is 0 Å². The van der Waals surface area contributed by atoms with Crippen molar-refractivity contribution in [3.63, 3.8) is 0 Å². The van der Waals surface area contributed by atoms with Gasteiger partial charge in [0.25, 0.3) is 0 Å². The molecule has 0 saturated heterocycles. The molecular weight excluding hydrogens is 192 g/mol. The Morgan fingerprint density at radius 1 is 1.47 bits per heavy atom. The molecule has 0 unspecified atom stereocenters. The largest absolute Gasteiger partial charge is 0.474 e. The number of hydrogen-bond donors (Lipinski definition) is 0. The molecule has 0 aliphatic rings. The maximum atomic E-state index is 11.0. The van der Waals surface area contributed by atoms with Crippen molar-refractivity contribution < 1.29 is 9.53 Å². The van der Waals surface area contributed by atoms with Gasteiger partial charge in [-0.3, -0.25) is 9.48 Å². The molecule has 0 aliphatic carbocycles. The fraction of sp³-hybridized carbons (Fsp3) is 0.636. The number of aromatic nitrogens is 2. The van der Waals surface area contributed by atoms with Crippen molar-refractivity contribution in [1.29, 1.82) is 0 Å². The van der Waals surface area contributed by atoms with Crippen LogP contribution in [-0.2, 0) is 11.3 Å². The minimum Gasteiger partial charge on any atom is -0.474 e. The molecule has 0 atom stereocenters. The molecule has 0 radical (unpaired) electrons. The smallest absolute Gasteiger partial charge is 0.236 e. The van der Waals surface area contributed by atoms with E-state index in [-0.39, 0.29) is 11.9 Å². The third-order valence-corrected chi connectivity index (χ3v) is 2.18. The zero-order chi connectivity index (χ0) is 11.6. The first-order valence-corrected chi connectivity index (χ1v) is 5.12. The number of ketones is 1. The van der Waals surface area contributed by atoms with Crippen molar-refractivity contribution in [1.82, 2.24) is 9.78 Å². The molecular formula is C11H18N2O2. The standard InChI is InChI=1S/C11H18N2O2/c1-7(2)15-11-9(4)10(5)13(12-11)6-8(3)14/h7H,6H2,1-5H3. The minimum atomic E-state index is 0.0942. The molecule has 0 spiro atoms. The van der Waals surface area contributed by atoms with Crippen molar-refractivity contribution in [3.8, 4) is 5.88 Å². The Bertz CT molecular complexity index is 367. The molecule has 1 aromatic heterocycles. The molecule has 0 aromatic carbocycles. The van der Waals surface area contributed by atoms with Gasteiger partial charge in [-0.2, -0.15) is 0 Å². The summed E-state index contributed by atoms with van der Waals surface area (Å²) in [6, 6.07) is 0. The van der Waals surface area contributed by atoms with Crippen LogP contribution < -0.4 is 4.74 Å². The number of ether oxygens (including phenoxy) is 1. The highest BCUT2D eigenvalue weighted by Gasteiger charge is 2.13. The van der Waals surface area contributed by atoms with Gasteiger partial charge in [0.15, 0.2) is 5.78 Å². The topological polar surface area (TPSA) is 44.1 Å². The molecule has 15 heavy (non-hydrogen) atoms. The molecule has 1 aromatic rings. The normalized spacial score (nSPS) is 10.8. The van der Waals surface area contributed by atoms with E-state index in [0.29, 0.717) is 12.4 Å². The number of carbonyl (C=O) groups is 1. The van der Waals surface area contributed by atoms with Crippen LogP contribution in [0.4, 0.5) is 0 Å². The van der Waals surface area contributed by atoms with E-state index < -0.39 is 0 Å². The second-order valence-electron chi connectivity index (χ2n) is 4.04. The van der Waals surface area contributed by atoms with Gasteiger partial charge in [0.1, 0.15) is 0 Å². The summed E-state index contributed by atoms with van der Waals surface area (Å²) in [5.74, 6) is 0.723. The molecule has 0 amide bonds. The van der Waals surface area contributed by atoms with Crippen molar-refractivity contribution in [2.75, 3.05) is 0 Å². The minimum absolute atomic E-state index is 0.0942. The van der Waals surface area contributed by atoms with E-state index in [1.807, 2.05) is 27.7 Å². The summed E-state index contributed by atoms with van der Waals surface area (Å²) >= 11 is 0. The van der Waals surface area contributed by atoms with Gasteiger partial charge >= 0.3 is 0 Å². The third kappa shape index (κ3) is 2.81. The highest BCUT2D eigenvalue weighted by Crippen LogP contribution is 2.20. The second-order valence-corrected chi connectivity index (χ2v) is 4.04. The molecule has 1 heterocycles. The summed E-state index contributed by atoms with van der Waals surface area (Å²) in [4.78, 5) is 11.0. The number of rotatable bonds is 4. The maximum Gasteiger partial charge on any atom is 0.236 e. The van der Waals surface area contributed by atoms with Crippen LogP contribution in [0.5, 0.6) is 5.88 Å². The molecule has 1 rings (SSSR count). The molecule has 4 heteroatoms. The van der Waals surface area contributed by atoms with E-state index in [1.165, 1.54) is 0 Å². The van der Waals surface area contributed by atoms with E-state index >= 15 is 0 Å². The lowest BCUT2D eigenvalue weighted by molar-refractivity contribution is -0.117. The fourth-order valence-electron chi connectivity index (χ4n) is 1.31. The van der Waals surface area contributed by atoms with Crippen LogP contribution in [-0.4, -0.2) is 21.7 Å². The number of nitrogens with zero attached hydrogens (tertiary/aromatic N) is 2. The lowest BCUT2D eigenvalue weighted by Gasteiger charge is -2.06. The third-order valence-electron chi connectivity index (χ3n) is 2.18. The van der Waals surface area contributed by atoms with Gasteiger partial charge in [0.2, 0.25) is 5.88 Å². The molecule has 0 aliphatic heterocycles. The van der Waals surface area contributed by atoms with Gasteiger partial charge in [0, 0.05) is 11.3 Å². The average molecular weight is 210 g/mol. The van der Waals surface area contributed by atoms with E-state index in [4.69, 9.17) is 4.74 Å². The highest BCUT2D eigenvalue weighted by molar-refractivity contribution is 5.75.